The summed E-state index contributed by atoms with van der Waals surface area (Å²) in [5.74, 6) is 0.564. The van der Waals surface area contributed by atoms with Crippen molar-refractivity contribution < 1.29 is 0 Å². The van der Waals surface area contributed by atoms with Crippen molar-refractivity contribution in [1.29, 1.82) is 0 Å². The highest BCUT2D eigenvalue weighted by molar-refractivity contribution is 7.19. The summed E-state index contributed by atoms with van der Waals surface area (Å²) in [7, 11) is 0. The van der Waals surface area contributed by atoms with Gasteiger partial charge in [0.2, 0.25) is 5.95 Å². The minimum Gasteiger partial charge on any atom is -0.324 e. The van der Waals surface area contributed by atoms with E-state index in [9.17, 15) is 0 Å². The molecule has 1 aliphatic rings. The van der Waals surface area contributed by atoms with Crippen LogP contribution in [0.2, 0.25) is 5.15 Å². The van der Waals surface area contributed by atoms with Crippen LogP contribution in [0.1, 0.15) is 16.9 Å². The van der Waals surface area contributed by atoms with E-state index in [2.05, 4.69) is 15.3 Å². The number of aryl methyl sites for hydroxylation is 2. The van der Waals surface area contributed by atoms with Gasteiger partial charge in [-0.3, -0.25) is 0 Å². The summed E-state index contributed by atoms with van der Waals surface area (Å²) in [4.78, 5) is 11.4. The number of para-hydroxylation sites is 1. The zero-order valence-electron chi connectivity index (χ0n) is 10.7. The van der Waals surface area contributed by atoms with Gasteiger partial charge in [0.1, 0.15) is 9.98 Å². The Morgan fingerprint density at radius 1 is 1.10 bits per heavy atom. The van der Waals surface area contributed by atoms with Gasteiger partial charge in [0.15, 0.2) is 0 Å². The van der Waals surface area contributed by atoms with E-state index in [0.29, 0.717) is 11.1 Å². The lowest BCUT2D eigenvalue weighted by Gasteiger charge is -2.05. The third-order valence-electron chi connectivity index (χ3n) is 3.55. The Kier molecular flexibility index (Phi) is 2.86. The van der Waals surface area contributed by atoms with Crippen LogP contribution in [0.15, 0.2) is 30.3 Å². The molecule has 5 heteroatoms. The highest BCUT2D eigenvalue weighted by atomic mass is 35.5. The lowest BCUT2D eigenvalue weighted by Crippen LogP contribution is -1.97. The van der Waals surface area contributed by atoms with E-state index in [1.165, 1.54) is 16.9 Å². The van der Waals surface area contributed by atoms with Gasteiger partial charge in [-0.15, -0.1) is 11.3 Å². The summed E-state index contributed by atoms with van der Waals surface area (Å²) < 4.78 is 0. The quantitative estimate of drug-likeness (QED) is 0.704. The summed E-state index contributed by atoms with van der Waals surface area (Å²) in [5.41, 5.74) is 2.33. The van der Waals surface area contributed by atoms with Crippen molar-refractivity contribution in [3.63, 3.8) is 0 Å². The van der Waals surface area contributed by atoms with Gasteiger partial charge >= 0.3 is 0 Å². The number of fused-ring (bicyclic) bond motifs is 3. The maximum Gasteiger partial charge on any atom is 0.230 e. The number of halogens is 1. The lowest BCUT2D eigenvalue weighted by atomic mass is 10.2. The first-order chi connectivity index (χ1) is 9.81. The summed E-state index contributed by atoms with van der Waals surface area (Å²) >= 11 is 8.12. The largest absolute Gasteiger partial charge is 0.324 e. The van der Waals surface area contributed by atoms with Gasteiger partial charge in [0.25, 0.3) is 0 Å². The first-order valence-electron chi connectivity index (χ1n) is 6.61. The molecule has 20 heavy (non-hydrogen) atoms. The molecule has 1 aliphatic carbocycles. The van der Waals surface area contributed by atoms with Crippen LogP contribution in [-0.2, 0) is 12.8 Å². The number of nitrogens with one attached hydrogen (secondary N) is 1. The molecule has 2 aromatic heterocycles. The number of nitrogens with zero attached hydrogens (tertiary/aromatic N) is 2. The predicted octanol–water partition coefficient (Wildman–Crippen LogP) is 4.58. The van der Waals surface area contributed by atoms with E-state index < -0.39 is 0 Å². The molecular weight excluding hydrogens is 290 g/mol. The van der Waals surface area contributed by atoms with Crippen LogP contribution in [0.4, 0.5) is 11.6 Å². The second-order valence-corrected chi connectivity index (χ2v) is 6.31. The molecule has 1 N–H and O–H groups in total. The van der Waals surface area contributed by atoms with Gasteiger partial charge in [-0.1, -0.05) is 29.8 Å². The number of anilines is 2. The molecule has 4 rings (SSSR count). The fourth-order valence-corrected chi connectivity index (χ4v) is 4.26. The van der Waals surface area contributed by atoms with Crippen molar-refractivity contribution in [2.45, 2.75) is 19.3 Å². The zero-order valence-corrected chi connectivity index (χ0v) is 12.3. The monoisotopic (exact) mass is 301 g/mol. The van der Waals surface area contributed by atoms with Crippen molar-refractivity contribution in [3.05, 3.63) is 45.9 Å². The van der Waals surface area contributed by atoms with E-state index in [4.69, 9.17) is 11.6 Å². The molecule has 100 valence electrons. The number of hydrogen-bond acceptors (Lipinski definition) is 4. The summed E-state index contributed by atoms with van der Waals surface area (Å²) in [6.45, 7) is 0. The normalized spacial score (nSPS) is 13.7. The Morgan fingerprint density at radius 3 is 2.80 bits per heavy atom. The van der Waals surface area contributed by atoms with Crippen LogP contribution in [-0.4, -0.2) is 9.97 Å². The molecule has 0 radical (unpaired) electrons. The highest BCUT2D eigenvalue weighted by Crippen LogP contribution is 2.39. The first-order valence-corrected chi connectivity index (χ1v) is 7.80. The van der Waals surface area contributed by atoms with Crippen LogP contribution in [0, 0.1) is 0 Å². The summed E-state index contributed by atoms with van der Waals surface area (Å²) in [6, 6.07) is 9.89. The van der Waals surface area contributed by atoms with Crippen LogP contribution in [0.5, 0.6) is 0 Å². The van der Waals surface area contributed by atoms with E-state index in [1.54, 1.807) is 11.3 Å². The SMILES string of the molecule is Clc1nc(Nc2ccccc2)nc2sc3c(c12)CCC3. The third kappa shape index (κ3) is 1.96. The number of rotatable bonds is 2. The molecule has 3 nitrogen and oxygen atoms in total. The number of benzene rings is 1. The Bertz CT molecular complexity index is 783. The van der Waals surface area contributed by atoms with Crippen molar-refractivity contribution in [3.8, 4) is 0 Å². The van der Waals surface area contributed by atoms with Crippen molar-refractivity contribution in [2.75, 3.05) is 5.32 Å². The molecule has 0 unspecified atom stereocenters. The molecule has 0 spiro atoms. The van der Waals surface area contributed by atoms with Crippen molar-refractivity contribution >= 4 is 44.8 Å². The number of aromatic nitrogens is 2. The van der Waals surface area contributed by atoms with Crippen LogP contribution in [0.3, 0.4) is 0 Å². The van der Waals surface area contributed by atoms with E-state index in [0.717, 1.165) is 28.7 Å². The minimum absolute atomic E-state index is 0.563. The molecule has 3 aromatic rings. The fraction of sp³-hybridized carbons (Fsp3) is 0.200. The molecule has 0 saturated carbocycles. The third-order valence-corrected chi connectivity index (χ3v) is 5.01. The van der Waals surface area contributed by atoms with E-state index in [-0.39, 0.29) is 0 Å². The van der Waals surface area contributed by atoms with E-state index in [1.807, 2.05) is 30.3 Å². The van der Waals surface area contributed by atoms with Crippen LogP contribution < -0.4 is 5.32 Å². The topological polar surface area (TPSA) is 37.8 Å². The van der Waals surface area contributed by atoms with Gasteiger partial charge in [0, 0.05) is 10.6 Å². The van der Waals surface area contributed by atoms with Gasteiger partial charge in [0.05, 0.1) is 5.39 Å². The van der Waals surface area contributed by atoms with Crippen LogP contribution >= 0.6 is 22.9 Å². The summed E-state index contributed by atoms with van der Waals surface area (Å²) in [6.07, 6.45) is 3.47. The number of thiophene rings is 1. The minimum atomic E-state index is 0.563. The zero-order chi connectivity index (χ0) is 13.5. The second kappa shape index (κ2) is 4.72. The van der Waals surface area contributed by atoms with Crippen LogP contribution in [0.25, 0.3) is 10.2 Å². The first kappa shape index (κ1) is 12.1. The molecule has 0 fully saturated rings. The van der Waals surface area contributed by atoms with Gasteiger partial charge in [-0.05, 0) is 37.0 Å². The van der Waals surface area contributed by atoms with Crippen molar-refractivity contribution in [1.82, 2.24) is 9.97 Å². The Hall–Kier alpha value is -1.65. The van der Waals surface area contributed by atoms with E-state index >= 15 is 0 Å². The predicted molar refractivity (Wildman–Crippen MR) is 84.2 cm³/mol. The molecular formula is C15H12ClN3S. The molecule has 1 aromatic carbocycles. The average molecular weight is 302 g/mol. The van der Waals surface area contributed by atoms with Crippen molar-refractivity contribution in [2.24, 2.45) is 0 Å². The molecule has 0 aliphatic heterocycles. The fourth-order valence-electron chi connectivity index (χ4n) is 2.66. The molecule has 0 amide bonds. The lowest BCUT2D eigenvalue weighted by molar-refractivity contribution is 0.917. The standard InChI is InChI=1S/C15H12ClN3S/c16-13-12-10-7-4-8-11(10)20-14(12)19-15(18-13)17-9-5-2-1-3-6-9/h1-3,5-6H,4,7-8H2,(H,17,18,19). The smallest absolute Gasteiger partial charge is 0.230 e. The average Bonchev–Trinajstić information content (AvgIpc) is 2.99. The number of hydrogen-bond donors (Lipinski definition) is 1. The molecule has 0 bridgehead atoms. The maximum absolute atomic E-state index is 6.37. The molecule has 2 heterocycles. The Morgan fingerprint density at radius 2 is 1.95 bits per heavy atom. The second-order valence-electron chi connectivity index (χ2n) is 4.87. The molecule has 0 atom stereocenters. The van der Waals surface area contributed by atoms with Gasteiger partial charge < -0.3 is 5.32 Å². The van der Waals surface area contributed by atoms with Gasteiger partial charge in [-0.2, -0.15) is 0 Å². The van der Waals surface area contributed by atoms with Gasteiger partial charge in [-0.25, -0.2) is 9.97 Å². The molecule has 0 saturated heterocycles. The Balaban J connectivity index is 1.79. The summed E-state index contributed by atoms with van der Waals surface area (Å²) in [5, 5.41) is 4.82. The highest BCUT2D eigenvalue weighted by Gasteiger charge is 2.21. The maximum atomic E-state index is 6.37. The Labute approximate surface area is 125 Å².